The van der Waals surface area contributed by atoms with Gasteiger partial charge in [0.25, 0.3) is 0 Å². The van der Waals surface area contributed by atoms with E-state index in [4.69, 9.17) is 12.2 Å². The molecule has 1 unspecified atom stereocenters. The van der Waals surface area contributed by atoms with Crippen molar-refractivity contribution in [1.82, 2.24) is 20.1 Å². The molecule has 0 radical (unpaired) electrons. The standard InChI is InChI=1S/C7H10N4O2S/c12-5-2-1-4(8-5)3-11-6(13)9-10-7(11)14/h4H,1-3H2,(H,8,12)(H,9,13)(H,10,14). The summed E-state index contributed by atoms with van der Waals surface area (Å²) in [5, 5.41) is 7.71. The van der Waals surface area contributed by atoms with Crippen LogP contribution in [0.3, 0.4) is 0 Å². The van der Waals surface area contributed by atoms with Gasteiger partial charge in [-0.25, -0.2) is 9.89 Å². The Kier molecular flexibility index (Phi) is 2.24. The van der Waals surface area contributed by atoms with Crippen molar-refractivity contribution in [3.8, 4) is 0 Å². The van der Waals surface area contributed by atoms with Crippen molar-refractivity contribution < 1.29 is 4.79 Å². The fraction of sp³-hybridized carbons (Fsp3) is 0.571. The van der Waals surface area contributed by atoms with Gasteiger partial charge in [-0.3, -0.25) is 14.5 Å². The predicted molar refractivity (Wildman–Crippen MR) is 51.4 cm³/mol. The molecule has 1 aromatic heterocycles. The van der Waals surface area contributed by atoms with E-state index in [0.717, 1.165) is 6.42 Å². The molecule has 0 spiro atoms. The topological polar surface area (TPSA) is 82.7 Å². The number of hydrogen-bond acceptors (Lipinski definition) is 3. The minimum Gasteiger partial charge on any atom is -0.352 e. The first-order chi connectivity index (χ1) is 6.66. The minimum atomic E-state index is -0.267. The number of carbonyl (C=O) groups excluding carboxylic acids is 1. The summed E-state index contributed by atoms with van der Waals surface area (Å²) >= 11 is 4.90. The van der Waals surface area contributed by atoms with Crippen molar-refractivity contribution in [3.63, 3.8) is 0 Å². The zero-order valence-electron chi connectivity index (χ0n) is 7.37. The second-order valence-electron chi connectivity index (χ2n) is 3.27. The van der Waals surface area contributed by atoms with Crippen LogP contribution in [0.15, 0.2) is 4.79 Å². The Hall–Kier alpha value is -1.37. The predicted octanol–water partition coefficient (Wildman–Crippen LogP) is -0.487. The molecule has 0 aromatic carbocycles. The van der Waals surface area contributed by atoms with Crippen LogP contribution in [0.5, 0.6) is 0 Å². The lowest BCUT2D eigenvalue weighted by molar-refractivity contribution is -0.119. The highest BCUT2D eigenvalue weighted by Crippen LogP contribution is 2.07. The van der Waals surface area contributed by atoms with Crippen molar-refractivity contribution in [2.24, 2.45) is 0 Å². The van der Waals surface area contributed by atoms with Gasteiger partial charge in [-0.2, -0.15) is 0 Å². The van der Waals surface area contributed by atoms with Gasteiger partial charge in [0.05, 0.1) is 6.54 Å². The molecule has 6 nitrogen and oxygen atoms in total. The number of aromatic nitrogens is 3. The minimum absolute atomic E-state index is 0.0195. The lowest BCUT2D eigenvalue weighted by Gasteiger charge is -2.08. The van der Waals surface area contributed by atoms with Crippen LogP contribution in [0.25, 0.3) is 0 Å². The fourth-order valence-corrected chi connectivity index (χ4v) is 1.74. The maximum atomic E-state index is 11.2. The Morgan fingerprint density at radius 2 is 2.21 bits per heavy atom. The SMILES string of the molecule is O=C1CCC(Cn2c(=O)[nH][nH]c2=S)N1. The quantitative estimate of drug-likeness (QED) is 0.581. The van der Waals surface area contributed by atoms with Crippen molar-refractivity contribution in [2.45, 2.75) is 25.4 Å². The highest BCUT2D eigenvalue weighted by molar-refractivity contribution is 7.71. The number of nitrogens with zero attached hydrogens (tertiary/aromatic N) is 1. The molecule has 3 N–H and O–H groups in total. The lowest BCUT2D eigenvalue weighted by Crippen LogP contribution is -2.33. The molecule has 7 heteroatoms. The average molecular weight is 214 g/mol. The summed E-state index contributed by atoms with van der Waals surface area (Å²) in [6, 6.07) is 0.0195. The zero-order valence-corrected chi connectivity index (χ0v) is 8.19. The highest BCUT2D eigenvalue weighted by Gasteiger charge is 2.21. The van der Waals surface area contributed by atoms with Crippen molar-refractivity contribution in [3.05, 3.63) is 15.3 Å². The molecular formula is C7H10N4O2S. The summed E-state index contributed by atoms with van der Waals surface area (Å²) < 4.78 is 1.77. The molecule has 76 valence electrons. The monoisotopic (exact) mass is 214 g/mol. The Morgan fingerprint density at radius 1 is 1.43 bits per heavy atom. The lowest BCUT2D eigenvalue weighted by atomic mass is 10.2. The Bertz CT molecular complexity index is 429. The maximum absolute atomic E-state index is 11.2. The molecule has 0 aliphatic carbocycles. The van der Waals surface area contributed by atoms with Crippen LogP contribution in [-0.2, 0) is 11.3 Å². The Balaban J connectivity index is 2.15. The summed E-state index contributed by atoms with van der Waals surface area (Å²) in [6.07, 6.45) is 1.28. The molecule has 1 atom stereocenters. The first-order valence-electron chi connectivity index (χ1n) is 4.33. The third-order valence-corrected chi connectivity index (χ3v) is 2.58. The van der Waals surface area contributed by atoms with E-state index in [1.807, 2.05) is 0 Å². The first kappa shape index (κ1) is 9.20. The normalized spacial score (nSPS) is 21.1. The van der Waals surface area contributed by atoms with E-state index >= 15 is 0 Å². The van der Waals surface area contributed by atoms with E-state index in [0.29, 0.717) is 17.7 Å². The maximum Gasteiger partial charge on any atom is 0.342 e. The van der Waals surface area contributed by atoms with Crippen molar-refractivity contribution >= 4 is 18.1 Å². The molecule has 1 aromatic rings. The van der Waals surface area contributed by atoms with Crippen LogP contribution in [-0.4, -0.2) is 26.7 Å². The number of amides is 1. The van der Waals surface area contributed by atoms with E-state index in [2.05, 4.69) is 15.5 Å². The third-order valence-electron chi connectivity index (χ3n) is 2.25. The smallest absolute Gasteiger partial charge is 0.342 e. The third kappa shape index (κ3) is 1.63. The van der Waals surface area contributed by atoms with Gasteiger partial charge in [0.15, 0.2) is 4.77 Å². The van der Waals surface area contributed by atoms with E-state index in [1.54, 1.807) is 0 Å². The largest absolute Gasteiger partial charge is 0.352 e. The molecule has 1 fully saturated rings. The van der Waals surface area contributed by atoms with E-state index < -0.39 is 0 Å². The van der Waals surface area contributed by atoms with Crippen LogP contribution in [0.4, 0.5) is 0 Å². The van der Waals surface area contributed by atoms with Gasteiger partial charge in [0, 0.05) is 12.5 Å². The van der Waals surface area contributed by atoms with Crippen LogP contribution in [0, 0.1) is 4.77 Å². The first-order valence-corrected chi connectivity index (χ1v) is 4.74. The molecule has 14 heavy (non-hydrogen) atoms. The summed E-state index contributed by atoms with van der Waals surface area (Å²) in [5.41, 5.74) is -0.267. The van der Waals surface area contributed by atoms with Gasteiger partial charge < -0.3 is 5.32 Å². The van der Waals surface area contributed by atoms with Gasteiger partial charge in [0.2, 0.25) is 5.91 Å². The van der Waals surface area contributed by atoms with Crippen molar-refractivity contribution in [1.29, 1.82) is 0 Å². The Morgan fingerprint density at radius 3 is 2.71 bits per heavy atom. The van der Waals surface area contributed by atoms with Gasteiger partial charge in [-0.15, -0.1) is 0 Å². The van der Waals surface area contributed by atoms with Gasteiger partial charge >= 0.3 is 5.69 Å². The second-order valence-corrected chi connectivity index (χ2v) is 3.66. The summed E-state index contributed by atoms with van der Waals surface area (Å²) in [6.45, 7) is 0.434. The van der Waals surface area contributed by atoms with Gasteiger partial charge in [-0.05, 0) is 18.6 Å². The molecule has 2 rings (SSSR count). The summed E-state index contributed by atoms with van der Waals surface area (Å²) in [5.74, 6) is 0.0356. The number of carbonyl (C=O) groups is 1. The van der Waals surface area contributed by atoms with Crippen LogP contribution >= 0.6 is 12.2 Å². The van der Waals surface area contributed by atoms with E-state index in [9.17, 15) is 9.59 Å². The van der Waals surface area contributed by atoms with Gasteiger partial charge in [-0.1, -0.05) is 0 Å². The number of aromatic amines is 2. The second kappa shape index (κ2) is 3.41. The number of hydrogen-bond donors (Lipinski definition) is 3. The molecule has 1 amide bonds. The van der Waals surface area contributed by atoms with E-state index in [-0.39, 0.29) is 17.6 Å². The average Bonchev–Trinajstić information content (AvgIpc) is 2.67. The molecule has 0 bridgehead atoms. The molecular weight excluding hydrogens is 204 g/mol. The van der Waals surface area contributed by atoms with Gasteiger partial charge in [0.1, 0.15) is 0 Å². The molecule has 1 aliphatic heterocycles. The van der Waals surface area contributed by atoms with Crippen LogP contribution < -0.4 is 11.0 Å². The molecule has 2 heterocycles. The Labute approximate surface area is 84.3 Å². The van der Waals surface area contributed by atoms with Crippen LogP contribution in [0.1, 0.15) is 12.8 Å². The molecule has 1 aliphatic rings. The summed E-state index contributed by atoms with van der Waals surface area (Å²) in [7, 11) is 0. The fourth-order valence-electron chi connectivity index (χ4n) is 1.53. The highest BCUT2D eigenvalue weighted by atomic mass is 32.1. The number of rotatable bonds is 2. The van der Waals surface area contributed by atoms with Crippen molar-refractivity contribution in [2.75, 3.05) is 0 Å². The zero-order chi connectivity index (χ0) is 10.1. The number of H-pyrrole nitrogens is 2. The molecule has 0 saturated carbocycles. The molecule has 1 saturated heterocycles. The van der Waals surface area contributed by atoms with E-state index in [1.165, 1.54) is 4.57 Å². The van der Waals surface area contributed by atoms with Crippen LogP contribution in [0.2, 0.25) is 0 Å². The summed E-state index contributed by atoms with van der Waals surface area (Å²) in [4.78, 5) is 22.1. The number of nitrogens with one attached hydrogen (secondary N) is 3.